The van der Waals surface area contributed by atoms with Crippen LogP contribution < -0.4 is 5.90 Å². The molecule has 4 aliphatic carbocycles. The zero-order chi connectivity index (χ0) is 21.0. The fourth-order valence-electron chi connectivity index (χ4n) is 8.78. The zero-order valence-corrected chi connectivity index (χ0v) is 18.6. The van der Waals surface area contributed by atoms with E-state index in [1.807, 2.05) is 0 Å². The minimum absolute atomic E-state index is 0.0354. The number of fused-ring (bicyclic) bond motifs is 5. The lowest BCUT2D eigenvalue weighted by molar-refractivity contribution is -0.657. The molecular weight excluding hydrogens is 366 g/mol. The highest BCUT2D eigenvalue weighted by Gasteiger charge is 2.63. The summed E-state index contributed by atoms with van der Waals surface area (Å²) in [5.74, 6) is 6.40. The number of carbonyl (C=O) groups is 1. The summed E-state index contributed by atoms with van der Waals surface area (Å²) in [7, 11) is 0. The van der Waals surface area contributed by atoms with Gasteiger partial charge in [-0.1, -0.05) is 20.8 Å². The molecule has 5 heteroatoms. The molecule has 4 rings (SSSR count). The summed E-state index contributed by atoms with van der Waals surface area (Å²) in [5.41, 5.74) is 0.248. The number of aliphatic hydroxyl groups is 2. The molecule has 0 aromatic carbocycles. The molecule has 4 aliphatic rings. The maximum atomic E-state index is 11.6. The first-order chi connectivity index (χ1) is 13.7. The third kappa shape index (κ3) is 3.36. The van der Waals surface area contributed by atoms with Crippen molar-refractivity contribution >= 4 is 5.97 Å². The van der Waals surface area contributed by atoms with Crippen molar-refractivity contribution in [1.29, 1.82) is 0 Å². The summed E-state index contributed by atoms with van der Waals surface area (Å²) in [5, 5.41) is 21.7. The molecule has 0 radical (unpaired) electrons. The Bertz CT molecular complexity index is 626. The Labute approximate surface area is 175 Å². The van der Waals surface area contributed by atoms with Crippen LogP contribution in [0.25, 0.3) is 0 Å². The molecule has 5 N–H and O–H groups in total. The molecular formula is C24H42NO4+. The van der Waals surface area contributed by atoms with Gasteiger partial charge in [0.15, 0.2) is 0 Å². The Morgan fingerprint density at radius 3 is 2.59 bits per heavy atom. The van der Waals surface area contributed by atoms with Gasteiger partial charge in [-0.25, -0.2) is 4.79 Å². The average molecular weight is 409 g/mol. The van der Waals surface area contributed by atoms with Gasteiger partial charge in [0, 0.05) is 0 Å². The van der Waals surface area contributed by atoms with Crippen LogP contribution in [-0.4, -0.2) is 28.4 Å². The Balaban J connectivity index is 1.53. The predicted octanol–water partition coefficient (Wildman–Crippen LogP) is 3.09. The highest BCUT2D eigenvalue weighted by molar-refractivity contribution is 5.68. The van der Waals surface area contributed by atoms with Crippen molar-refractivity contribution in [3.63, 3.8) is 0 Å². The molecule has 10 atom stereocenters. The van der Waals surface area contributed by atoms with Gasteiger partial charge in [-0.2, -0.15) is 5.90 Å². The molecule has 4 saturated carbocycles. The number of carbonyl (C=O) groups excluding carboxylic acids is 1. The molecule has 29 heavy (non-hydrogen) atoms. The highest BCUT2D eigenvalue weighted by atomic mass is 16.7. The van der Waals surface area contributed by atoms with Crippen LogP contribution in [0.3, 0.4) is 0 Å². The third-order valence-corrected chi connectivity index (χ3v) is 10.5. The van der Waals surface area contributed by atoms with Crippen LogP contribution in [0, 0.1) is 46.3 Å². The lowest BCUT2D eigenvalue weighted by Gasteiger charge is -2.62. The quantitative estimate of drug-likeness (QED) is 0.623. The van der Waals surface area contributed by atoms with Crippen molar-refractivity contribution in [3.05, 3.63) is 0 Å². The van der Waals surface area contributed by atoms with Gasteiger partial charge in [0.05, 0.1) is 18.6 Å². The second-order valence-corrected chi connectivity index (χ2v) is 11.4. The van der Waals surface area contributed by atoms with E-state index in [-0.39, 0.29) is 29.0 Å². The topological polar surface area (TPSA) is 94.4 Å². The van der Waals surface area contributed by atoms with Gasteiger partial charge in [0.25, 0.3) is 0 Å². The summed E-state index contributed by atoms with van der Waals surface area (Å²) in [6, 6.07) is 0. The lowest BCUT2D eigenvalue weighted by Crippen LogP contribution is -2.58. The first kappa shape index (κ1) is 21.6. The van der Waals surface area contributed by atoms with Crippen molar-refractivity contribution < 1.29 is 25.7 Å². The smallest absolute Gasteiger partial charge is 0.366 e. The normalized spacial score (nSPS) is 50.2. The summed E-state index contributed by atoms with van der Waals surface area (Å²) in [6.07, 6.45) is 9.67. The number of hydrogen-bond acceptors (Lipinski definition) is 4. The van der Waals surface area contributed by atoms with E-state index < -0.39 is 0 Å². The average Bonchev–Trinajstić information content (AvgIpc) is 3.06. The monoisotopic (exact) mass is 408 g/mol. The summed E-state index contributed by atoms with van der Waals surface area (Å²) in [6.45, 7) is 7.08. The van der Waals surface area contributed by atoms with E-state index in [2.05, 4.69) is 31.5 Å². The van der Waals surface area contributed by atoms with Gasteiger partial charge in [0.2, 0.25) is 0 Å². The molecule has 0 saturated heterocycles. The Hall–Kier alpha value is -0.650. The van der Waals surface area contributed by atoms with Crippen molar-refractivity contribution in [3.8, 4) is 0 Å². The largest absolute Gasteiger partial charge is 0.393 e. The Morgan fingerprint density at radius 1 is 1.10 bits per heavy atom. The highest BCUT2D eigenvalue weighted by Crippen LogP contribution is 2.68. The van der Waals surface area contributed by atoms with Crippen molar-refractivity contribution in [2.75, 3.05) is 0 Å². The van der Waals surface area contributed by atoms with E-state index in [9.17, 15) is 15.0 Å². The Morgan fingerprint density at radius 2 is 1.86 bits per heavy atom. The van der Waals surface area contributed by atoms with Crippen molar-refractivity contribution in [2.45, 2.75) is 97.2 Å². The minimum Gasteiger partial charge on any atom is -0.393 e. The van der Waals surface area contributed by atoms with E-state index in [0.29, 0.717) is 41.9 Å². The third-order valence-electron chi connectivity index (χ3n) is 10.5. The number of aliphatic hydroxyl groups excluding tert-OH is 2. The number of rotatable bonds is 4. The van der Waals surface area contributed by atoms with Crippen LogP contribution in [0.4, 0.5) is 0 Å². The minimum atomic E-state index is -0.258. The fourth-order valence-corrected chi connectivity index (χ4v) is 8.78. The molecule has 0 bridgehead atoms. The van der Waals surface area contributed by atoms with Gasteiger partial charge < -0.3 is 10.2 Å². The molecule has 4 fully saturated rings. The van der Waals surface area contributed by atoms with Crippen molar-refractivity contribution in [1.82, 2.24) is 0 Å². The lowest BCUT2D eigenvalue weighted by atomic mass is 9.43. The molecule has 0 amide bonds. The second kappa shape index (κ2) is 7.80. The number of hydrogen-bond donors (Lipinski definition) is 3. The SMILES string of the molecule is CC(CCC(=O)O[NH3+])C1CCC2C3CCC4CC(O)CCC4(C)C3CC(O)C12C. The van der Waals surface area contributed by atoms with Crippen LogP contribution in [0.2, 0.25) is 0 Å². The zero-order valence-electron chi connectivity index (χ0n) is 18.6. The number of quaternary nitrogens is 1. The second-order valence-electron chi connectivity index (χ2n) is 11.4. The summed E-state index contributed by atoms with van der Waals surface area (Å²) < 4.78 is 0. The van der Waals surface area contributed by atoms with E-state index >= 15 is 0 Å². The molecule has 0 heterocycles. The van der Waals surface area contributed by atoms with Crippen LogP contribution >= 0.6 is 0 Å². The fraction of sp³-hybridized carbons (Fsp3) is 0.958. The molecule has 166 valence electrons. The van der Waals surface area contributed by atoms with Crippen LogP contribution in [0.1, 0.15) is 85.0 Å². The van der Waals surface area contributed by atoms with E-state index in [0.717, 1.165) is 32.1 Å². The summed E-state index contributed by atoms with van der Waals surface area (Å²) >= 11 is 0. The molecule has 0 spiro atoms. The van der Waals surface area contributed by atoms with Gasteiger partial charge in [0.1, 0.15) is 0 Å². The molecule has 0 aliphatic heterocycles. The van der Waals surface area contributed by atoms with Gasteiger partial charge in [-0.15, -0.1) is 0 Å². The molecule has 0 aromatic rings. The Kier molecular flexibility index (Phi) is 5.80. The standard InChI is InChI=1S/C24H42NO4/c1-14(4-9-22(28)29-25)18-7-8-19-17-6-5-15-12-16(26)10-11-23(15,2)20(17)13-21(27)24(18,19)3/h14-21,26-27H,4-13H2,1-3,25H3/q+1. The van der Waals surface area contributed by atoms with Crippen LogP contribution in [0.5, 0.6) is 0 Å². The maximum absolute atomic E-state index is 11.6. The van der Waals surface area contributed by atoms with Crippen LogP contribution in [-0.2, 0) is 9.63 Å². The maximum Gasteiger partial charge on any atom is 0.366 e. The first-order valence-corrected chi connectivity index (χ1v) is 12.0. The molecule has 10 unspecified atom stereocenters. The van der Waals surface area contributed by atoms with Gasteiger partial charge in [-0.05, 0) is 104 Å². The van der Waals surface area contributed by atoms with Crippen molar-refractivity contribution in [2.24, 2.45) is 46.3 Å². The molecule has 0 aromatic heterocycles. The van der Waals surface area contributed by atoms with E-state index in [1.165, 1.54) is 25.7 Å². The van der Waals surface area contributed by atoms with E-state index in [1.54, 1.807) is 0 Å². The van der Waals surface area contributed by atoms with Gasteiger partial charge >= 0.3 is 5.97 Å². The summed E-state index contributed by atoms with van der Waals surface area (Å²) in [4.78, 5) is 16.2. The molecule has 5 nitrogen and oxygen atoms in total. The van der Waals surface area contributed by atoms with Gasteiger partial charge in [-0.3, -0.25) is 4.84 Å². The first-order valence-electron chi connectivity index (χ1n) is 12.0. The van der Waals surface area contributed by atoms with E-state index in [4.69, 9.17) is 0 Å². The predicted molar refractivity (Wildman–Crippen MR) is 110 cm³/mol. The van der Waals surface area contributed by atoms with Crippen LogP contribution in [0.15, 0.2) is 0 Å².